The van der Waals surface area contributed by atoms with Crippen molar-refractivity contribution >= 4 is 45.8 Å². The summed E-state index contributed by atoms with van der Waals surface area (Å²) in [6.45, 7) is 0.955. The molecule has 114 valence electrons. The van der Waals surface area contributed by atoms with E-state index in [1.807, 2.05) is 6.26 Å². The molecule has 0 aromatic heterocycles. The average molecular weight is 357 g/mol. The third-order valence-electron chi connectivity index (χ3n) is 3.26. The third-order valence-corrected chi connectivity index (χ3v) is 6.37. The highest BCUT2D eigenvalue weighted by molar-refractivity contribution is 7.98. The lowest BCUT2D eigenvalue weighted by molar-refractivity contribution is 0.320. The molecule has 20 heavy (non-hydrogen) atoms. The molecule has 0 unspecified atom stereocenters. The molecule has 0 bridgehead atoms. The molecule has 1 aromatic rings. The first-order chi connectivity index (χ1) is 8.95. The Bertz CT molecular complexity index is 559. The lowest BCUT2D eigenvalue weighted by Gasteiger charge is -2.29. The first-order valence-electron chi connectivity index (χ1n) is 6.04. The van der Waals surface area contributed by atoms with Gasteiger partial charge in [-0.15, -0.1) is 24.2 Å². The number of nitrogens with zero attached hydrogens (tertiary/aromatic N) is 1. The van der Waals surface area contributed by atoms with Crippen LogP contribution in [0.15, 0.2) is 28.0 Å². The van der Waals surface area contributed by atoms with E-state index >= 15 is 0 Å². The van der Waals surface area contributed by atoms with Crippen molar-refractivity contribution in [2.24, 2.45) is 5.73 Å². The van der Waals surface area contributed by atoms with Gasteiger partial charge in [-0.25, -0.2) is 8.42 Å². The molecule has 0 spiro atoms. The number of nitrogens with two attached hydrogens (primary N) is 1. The summed E-state index contributed by atoms with van der Waals surface area (Å²) in [5.74, 6) is 0. The van der Waals surface area contributed by atoms with Crippen molar-refractivity contribution < 1.29 is 8.42 Å². The second-order valence-corrected chi connectivity index (χ2v) is 7.73. The van der Waals surface area contributed by atoms with Crippen LogP contribution in [0.4, 0.5) is 0 Å². The maximum absolute atomic E-state index is 12.5. The number of benzene rings is 1. The average Bonchev–Trinajstić information content (AvgIpc) is 2.39. The predicted molar refractivity (Wildman–Crippen MR) is 86.4 cm³/mol. The van der Waals surface area contributed by atoms with Gasteiger partial charge in [0.2, 0.25) is 10.0 Å². The van der Waals surface area contributed by atoms with Crippen LogP contribution in [0.3, 0.4) is 0 Å². The zero-order valence-corrected chi connectivity index (χ0v) is 14.3. The largest absolute Gasteiger partial charge is 0.328 e. The maximum Gasteiger partial charge on any atom is 0.243 e. The molecule has 0 atom stereocenters. The molecule has 1 aliphatic rings. The number of sulfonamides is 1. The minimum absolute atomic E-state index is 0. The lowest BCUT2D eigenvalue weighted by atomic mass is 10.1. The molecule has 8 heteroatoms. The van der Waals surface area contributed by atoms with Gasteiger partial charge in [0.25, 0.3) is 0 Å². The fraction of sp³-hybridized carbons (Fsp3) is 0.500. The van der Waals surface area contributed by atoms with Gasteiger partial charge in [-0.3, -0.25) is 0 Å². The maximum atomic E-state index is 12.5. The van der Waals surface area contributed by atoms with E-state index in [2.05, 4.69) is 0 Å². The molecular formula is C12H18Cl2N2O2S2. The minimum atomic E-state index is -3.45. The van der Waals surface area contributed by atoms with Crippen molar-refractivity contribution in [3.05, 3.63) is 23.2 Å². The van der Waals surface area contributed by atoms with Crippen molar-refractivity contribution in [2.75, 3.05) is 19.3 Å². The van der Waals surface area contributed by atoms with E-state index in [1.165, 1.54) is 22.1 Å². The lowest BCUT2D eigenvalue weighted by Crippen LogP contribution is -2.42. The van der Waals surface area contributed by atoms with Crippen molar-refractivity contribution in [1.82, 2.24) is 4.31 Å². The van der Waals surface area contributed by atoms with Gasteiger partial charge in [-0.05, 0) is 37.3 Å². The van der Waals surface area contributed by atoms with E-state index in [-0.39, 0.29) is 23.3 Å². The summed E-state index contributed by atoms with van der Waals surface area (Å²) in [6, 6.07) is 4.99. The van der Waals surface area contributed by atoms with Crippen LogP contribution in [0.25, 0.3) is 0 Å². The summed E-state index contributed by atoms with van der Waals surface area (Å²) >= 11 is 7.57. The smallest absolute Gasteiger partial charge is 0.243 e. The number of piperidine rings is 1. The molecule has 1 fully saturated rings. The molecule has 2 N–H and O–H groups in total. The first kappa shape index (κ1) is 18.1. The topological polar surface area (TPSA) is 63.4 Å². The summed E-state index contributed by atoms with van der Waals surface area (Å²) in [4.78, 5) is 1.13. The van der Waals surface area contributed by atoms with E-state index in [4.69, 9.17) is 17.3 Å². The van der Waals surface area contributed by atoms with Crippen LogP contribution in [-0.2, 0) is 10.0 Å². The third kappa shape index (κ3) is 3.81. The number of thioether (sulfide) groups is 1. The quantitative estimate of drug-likeness (QED) is 0.845. The van der Waals surface area contributed by atoms with Gasteiger partial charge in [0, 0.05) is 24.0 Å². The summed E-state index contributed by atoms with van der Waals surface area (Å²) in [5.41, 5.74) is 5.80. The number of rotatable bonds is 3. The molecule has 4 nitrogen and oxygen atoms in total. The van der Waals surface area contributed by atoms with Gasteiger partial charge in [0.05, 0.1) is 9.92 Å². The predicted octanol–water partition coefficient (Wildman–Crippen LogP) is 2.60. The van der Waals surface area contributed by atoms with Crippen LogP contribution in [0.1, 0.15) is 12.8 Å². The van der Waals surface area contributed by atoms with Gasteiger partial charge < -0.3 is 5.73 Å². The Balaban J connectivity index is 0.00000200. The zero-order chi connectivity index (χ0) is 14.0. The van der Waals surface area contributed by atoms with Crippen LogP contribution in [0.2, 0.25) is 5.02 Å². The summed E-state index contributed by atoms with van der Waals surface area (Å²) in [5, 5.41) is 0.474. The number of hydrogen-bond donors (Lipinski definition) is 1. The molecule has 2 rings (SSSR count). The highest BCUT2D eigenvalue weighted by Gasteiger charge is 2.28. The Morgan fingerprint density at radius 3 is 2.45 bits per heavy atom. The zero-order valence-electron chi connectivity index (χ0n) is 11.1. The molecule has 1 saturated heterocycles. The van der Waals surface area contributed by atoms with E-state index in [1.54, 1.807) is 12.1 Å². The number of halogens is 2. The van der Waals surface area contributed by atoms with Crippen LogP contribution in [0, 0.1) is 0 Å². The van der Waals surface area contributed by atoms with E-state index in [9.17, 15) is 8.42 Å². The van der Waals surface area contributed by atoms with Crippen LogP contribution in [0.5, 0.6) is 0 Å². The summed E-state index contributed by atoms with van der Waals surface area (Å²) in [7, 11) is -3.45. The van der Waals surface area contributed by atoms with Crippen LogP contribution in [-0.4, -0.2) is 38.1 Å². The second-order valence-electron chi connectivity index (χ2n) is 4.54. The molecule has 0 aliphatic carbocycles. The Morgan fingerprint density at radius 1 is 1.35 bits per heavy atom. The molecule has 1 aromatic carbocycles. The Morgan fingerprint density at radius 2 is 1.95 bits per heavy atom. The standard InChI is InChI=1S/C12H17ClN2O2S2.ClH/c1-18-12-3-2-10(8-11(12)13)19(16,17)15-6-4-9(14)5-7-15;/h2-3,8-9H,4-7,14H2,1H3;1H. The highest BCUT2D eigenvalue weighted by atomic mass is 35.5. The highest BCUT2D eigenvalue weighted by Crippen LogP contribution is 2.29. The first-order valence-corrected chi connectivity index (χ1v) is 9.08. The van der Waals surface area contributed by atoms with E-state index in [0.717, 1.165) is 4.90 Å². The van der Waals surface area contributed by atoms with Gasteiger partial charge in [0.15, 0.2) is 0 Å². The Labute approximate surface area is 135 Å². The summed E-state index contributed by atoms with van der Waals surface area (Å²) < 4.78 is 26.4. The van der Waals surface area contributed by atoms with Gasteiger partial charge in [0.1, 0.15) is 0 Å². The molecule has 0 saturated carbocycles. The van der Waals surface area contributed by atoms with Gasteiger partial charge in [-0.1, -0.05) is 11.6 Å². The molecule has 0 amide bonds. The normalized spacial score (nSPS) is 17.8. The van der Waals surface area contributed by atoms with Crippen molar-refractivity contribution in [3.63, 3.8) is 0 Å². The molecular weight excluding hydrogens is 339 g/mol. The molecule has 1 heterocycles. The number of hydrogen-bond acceptors (Lipinski definition) is 4. The Kier molecular flexibility index (Phi) is 6.63. The van der Waals surface area contributed by atoms with Crippen LogP contribution < -0.4 is 5.73 Å². The van der Waals surface area contributed by atoms with Crippen molar-refractivity contribution in [3.8, 4) is 0 Å². The monoisotopic (exact) mass is 356 g/mol. The SMILES string of the molecule is CSc1ccc(S(=O)(=O)N2CCC(N)CC2)cc1Cl.Cl. The minimum Gasteiger partial charge on any atom is -0.328 e. The van der Waals surface area contributed by atoms with Crippen molar-refractivity contribution in [1.29, 1.82) is 0 Å². The molecule has 0 radical (unpaired) electrons. The van der Waals surface area contributed by atoms with Crippen molar-refractivity contribution in [2.45, 2.75) is 28.7 Å². The fourth-order valence-corrected chi connectivity index (χ4v) is 4.50. The Hall–Kier alpha value is 0.0200. The van der Waals surface area contributed by atoms with E-state index < -0.39 is 10.0 Å². The van der Waals surface area contributed by atoms with Gasteiger partial charge >= 0.3 is 0 Å². The fourth-order valence-electron chi connectivity index (χ4n) is 2.07. The summed E-state index contributed by atoms with van der Waals surface area (Å²) in [6.07, 6.45) is 3.31. The second kappa shape index (κ2) is 7.33. The van der Waals surface area contributed by atoms with E-state index in [0.29, 0.717) is 31.0 Å². The van der Waals surface area contributed by atoms with Crippen LogP contribution >= 0.6 is 35.8 Å². The molecule has 1 aliphatic heterocycles. The van der Waals surface area contributed by atoms with Gasteiger partial charge in [-0.2, -0.15) is 4.31 Å².